The number of benzene rings is 5. The van der Waals surface area contributed by atoms with Gasteiger partial charge in [-0.3, -0.25) is 43.3 Å². The van der Waals surface area contributed by atoms with Crippen molar-refractivity contribution in [3.8, 4) is 34.1 Å². The second-order valence-corrected chi connectivity index (χ2v) is 27.7. The molecule has 10 amide bonds. The molecule has 5 aromatic rings. The molecule has 0 unspecified atom stereocenters. The van der Waals surface area contributed by atoms with Crippen molar-refractivity contribution in [2.45, 2.75) is 154 Å². The smallest absolute Gasteiger partial charge is 0.417 e. The molecule has 2 fully saturated rings. The van der Waals surface area contributed by atoms with E-state index in [2.05, 4.69) is 21.3 Å². The normalized spacial score (nSPS) is 18.8. The van der Waals surface area contributed by atoms with Crippen molar-refractivity contribution in [3.05, 3.63) is 137 Å². The molecule has 6 aliphatic rings. The second kappa shape index (κ2) is 32.3. The third-order valence-electron chi connectivity index (χ3n) is 19.2. The van der Waals surface area contributed by atoms with Crippen molar-refractivity contribution < 1.29 is 96.1 Å². The summed E-state index contributed by atoms with van der Waals surface area (Å²) in [6, 6.07) is 22.4. The molecule has 105 heavy (non-hydrogen) atoms. The topological polar surface area (TPSA) is 357 Å². The van der Waals surface area contributed by atoms with Gasteiger partial charge in [0.25, 0.3) is 23.6 Å². The number of methoxy groups -OCH3 is 2. The minimum absolute atomic E-state index is 0.00585. The van der Waals surface area contributed by atoms with Gasteiger partial charge < -0.3 is 74.4 Å². The maximum atomic E-state index is 14.4. The van der Waals surface area contributed by atoms with Crippen LogP contribution in [0.4, 0.5) is 26.7 Å². The molecule has 0 aromatic heterocycles. The number of hydrogen-bond donors (Lipinski definition) is 6. The van der Waals surface area contributed by atoms with Gasteiger partial charge in [0.2, 0.25) is 23.6 Å². The summed E-state index contributed by atoms with van der Waals surface area (Å²) in [4.78, 5) is 155. The lowest BCUT2D eigenvalue weighted by Crippen LogP contribution is -2.54. The number of carbonyl (C=O) groups excluding carboxylic acids is 11. The molecule has 11 rings (SSSR count). The Hall–Kier alpha value is -11.1. The Balaban J connectivity index is 0.687. The quantitative estimate of drug-likeness (QED) is 0.0143. The van der Waals surface area contributed by atoms with Gasteiger partial charge in [0, 0.05) is 74.8 Å². The van der Waals surface area contributed by atoms with Crippen LogP contribution < -0.4 is 50.0 Å². The number of hydrogen-bond acceptors (Lipinski definition) is 20. The van der Waals surface area contributed by atoms with E-state index in [4.69, 9.17) is 33.2 Å². The molecule has 7 atom stereocenters. The van der Waals surface area contributed by atoms with Crippen LogP contribution in [0.25, 0.3) is 11.1 Å². The summed E-state index contributed by atoms with van der Waals surface area (Å²) in [7, 11) is 2.80. The van der Waals surface area contributed by atoms with Gasteiger partial charge in [-0.2, -0.15) is 0 Å². The first-order valence-corrected chi connectivity index (χ1v) is 35.1. The first-order chi connectivity index (χ1) is 50.2. The van der Waals surface area contributed by atoms with Gasteiger partial charge in [0.1, 0.15) is 36.9 Å². The summed E-state index contributed by atoms with van der Waals surface area (Å²) < 4.78 is 41.2. The van der Waals surface area contributed by atoms with Gasteiger partial charge >= 0.3 is 18.2 Å². The van der Waals surface area contributed by atoms with E-state index in [1.54, 1.807) is 63.8 Å². The van der Waals surface area contributed by atoms with Crippen LogP contribution in [0.3, 0.4) is 0 Å². The number of aliphatic hydroxyl groups is 2. The molecular weight excluding hydrogens is 1360 g/mol. The molecule has 0 saturated carbocycles. The number of anilines is 3. The summed E-state index contributed by atoms with van der Waals surface area (Å²) in [5.41, 5.74) is 3.99. The lowest BCUT2D eigenvalue weighted by atomic mass is 9.98. The van der Waals surface area contributed by atoms with Crippen molar-refractivity contribution in [1.82, 2.24) is 30.7 Å². The zero-order chi connectivity index (χ0) is 75.1. The van der Waals surface area contributed by atoms with E-state index in [9.17, 15) is 63.0 Å². The van der Waals surface area contributed by atoms with Crippen LogP contribution in [0.2, 0.25) is 0 Å². The standard InChI is InChI=1S/C76H87N9O20/c1-42(2)66(80-62(86)27-26-53(79-63(87)30-33-83-64(88)28-29-65(83)89)73(96)103-41-52-48-18-11-9-16-46(48)47-17-10-12-19-49(47)52)68(91)77-43(3)67(90)78-45-24-22-44(23-25-45)40-104-74(97)84-56-38-60(58(99-7)36-50(56)69(92)81-31-13-20-54(81)71(84)94)101-34-15-35-102-61-39-57-51(37-59(61)100-8)70(93)82-32-14-21-55(82)72(95)85(57)75(98)105-76(4,5)6/h9-12,16-19,22-25,28-29,36-39,42-43,52-55,66,71-72,94-95H,13-15,20-21,26-27,30-35,40-41H2,1-8H3,(H,77,91)(H,78,90)(H,79,87)(H,80,86)/t43-,53-,54-,55-,66-,71-,72-/m0/s1. The number of nitrogens with zero attached hydrogens (tertiary/aromatic N) is 5. The van der Waals surface area contributed by atoms with Crippen LogP contribution in [-0.4, -0.2) is 192 Å². The van der Waals surface area contributed by atoms with Crippen molar-refractivity contribution in [1.29, 1.82) is 0 Å². The summed E-state index contributed by atoms with van der Waals surface area (Å²) >= 11 is 0. The van der Waals surface area contributed by atoms with Gasteiger partial charge in [-0.25, -0.2) is 24.2 Å². The average Bonchev–Trinajstić information content (AvgIpc) is 1.64. The minimum Gasteiger partial charge on any atom is -0.493 e. The van der Waals surface area contributed by atoms with E-state index < -0.39 is 114 Å². The maximum absolute atomic E-state index is 14.4. The summed E-state index contributed by atoms with van der Waals surface area (Å²) in [5, 5.41) is 34.4. The van der Waals surface area contributed by atoms with Crippen LogP contribution in [0.15, 0.2) is 109 Å². The molecule has 2 saturated heterocycles. The highest BCUT2D eigenvalue weighted by Gasteiger charge is 2.48. The van der Waals surface area contributed by atoms with Crippen molar-refractivity contribution >= 4 is 82.5 Å². The fourth-order valence-electron chi connectivity index (χ4n) is 13.8. The summed E-state index contributed by atoms with van der Waals surface area (Å²) in [6.07, 6.45) is -1.30. The number of fused-ring (bicyclic) bond motifs is 7. The Bertz CT molecular complexity index is 4170. The van der Waals surface area contributed by atoms with Crippen molar-refractivity contribution in [3.63, 3.8) is 0 Å². The molecule has 5 aliphatic heterocycles. The van der Waals surface area contributed by atoms with E-state index >= 15 is 0 Å². The molecule has 0 spiro atoms. The zero-order valence-corrected chi connectivity index (χ0v) is 59.7. The highest BCUT2D eigenvalue weighted by Crippen LogP contribution is 2.46. The van der Waals surface area contributed by atoms with E-state index in [1.165, 1.54) is 50.3 Å². The van der Waals surface area contributed by atoms with E-state index in [0.717, 1.165) is 49.1 Å². The largest absolute Gasteiger partial charge is 0.493 e. The molecular formula is C76H87N9O20. The Morgan fingerprint density at radius 2 is 1.12 bits per heavy atom. The average molecular weight is 1450 g/mol. The van der Waals surface area contributed by atoms with E-state index in [0.29, 0.717) is 50.0 Å². The van der Waals surface area contributed by atoms with Gasteiger partial charge in [0.05, 0.1) is 62.0 Å². The van der Waals surface area contributed by atoms with Crippen molar-refractivity contribution in [2.24, 2.45) is 5.92 Å². The van der Waals surface area contributed by atoms with Crippen LogP contribution in [0.5, 0.6) is 23.0 Å². The zero-order valence-electron chi connectivity index (χ0n) is 59.7. The lowest BCUT2D eigenvalue weighted by Gasteiger charge is -2.33. The molecule has 6 N–H and O–H groups in total. The predicted octanol–water partition coefficient (Wildman–Crippen LogP) is 6.83. The third kappa shape index (κ3) is 16.6. The van der Waals surface area contributed by atoms with Crippen LogP contribution >= 0.6 is 0 Å². The van der Waals surface area contributed by atoms with Crippen LogP contribution in [-0.2, 0) is 54.4 Å². The number of amides is 10. The molecule has 0 radical (unpaired) electrons. The molecule has 5 aromatic carbocycles. The highest BCUT2D eigenvalue weighted by atomic mass is 16.6. The molecule has 1 aliphatic carbocycles. The molecule has 556 valence electrons. The minimum atomic E-state index is -1.55. The molecule has 5 heterocycles. The summed E-state index contributed by atoms with van der Waals surface area (Å²) in [5.74, 6) is -5.66. The van der Waals surface area contributed by atoms with Gasteiger partial charge in [-0.1, -0.05) is 74.5 Å². The number of rotatable bonds is 26. The van der Waals surface area contributed by atoms with E-state index in [-0.39, 0.29) is 116 Å². The Morgan fingerprint density at radius 1 is 0.600 bits per heavy atom. The van der Waals surface area contributed by atoms with Crippen molar-refractivity contribution in [2.75, 3.05) is 68.8 Å². The monoisotopic (exact) mass is 1450 g/mol. The Kier molecular flexibility index (Phi) is 23.1. The summed E-state index contributed by atoms with van der Waals surface area (Å²) in [6.45, 7) is 9.96. The number of esters is 1. The van der Waals surface area contributed by atoms with E-state index in [1.807, 2.05) is 48.5 Å². The molecule has 29 nitrogen and oxygen atoms in total. The van der Waals surface area contributed by atoms with Crippen LogP contribution in [0, 0.1) is 5.92 Å². The number of nitrogens with one attached hydrogen (secondary N) is 4. The Morgan fingerprint density at radius 3 is 1.65 bits per heavy atom. The maximum Gasteiger partial charge on any atom is 0.417 e. The fourth-order valence-corrected chi connectivity index (χ4v) is 13.8. The first-order valence-electron chi connectivity index (χ1n) is 35.1. The lowest BCUT2D eigenvalue weighted by molar-refractivity contribution is -0.149. The first kappa shape index (κ1) is 75.1. The number of carbonyl (C=O) groups is 11. The van der Waals surface area contributed by atoms with Crippen LogP contribution in [0.1, 0.15) is 136 Å². The molecule has 0 bridgehead atoms. The number of aliphatic hydroxyl groups excluding tert-OH is 2. The highest BCUT2D eigenvalue weighted by molar-refractivity contribution is 6.13. The fraction of sp³-hybridized carbons (Fsp3) is 0.434. The van der Waals surface area contributed by atoms with Gasteiger partial charge in [-0.15, -0.1) is 0 Å². The molecule has 29 heteroatoms. The second-order valence-electron chi connectivity index (χ2n) is 27.7. The predicted molar refractivity (Wildman–Crippen MR) is 379 cm³/mol. The SMILES string of the molecule is COc1cc2c(cc1OCCCOc1cc3c(cc1OC)C(=O)N1CCC[C@H]1[C@H](O)N3C(=O)OC(C)(C)C)N(C(=O)OCc1ccc(NC(=O)[C@H](C)NC(=O)[C@@H](NC(=O)CC[C@H](NC(=O)CCN3C(=O)C=CC3=O)C(=O)OCC3c4ccccc4-c4ccccc43)C(C)C)cc1)[C@@H](O)[C@@H]1CCCN1C2=O. The number of ether oxygens (including phenoxy) is 7. The van der Waals surface area contributed by atoms with Gasteiger partial charge in [-0.05, 0) is 118 Å². The van der Waals surface area contributed by atoms with Gasteiger partial charge in [0.15, 0.2) is 35.5 Å². The number of imide groups is 1. The third-order valence-corrected chi connectivity index (χ3v) is 19.2. The Labute approximate surface area is 606 Å².